The summed E-state index contributed by atoms with van der Waals surface area (Å²) in [5, 5.41) is 12.6. The Kier molecular flexibility index (Phi) is 12.1. The van der Waals surface area contributed by atoms with Crippen LogP contribution in [0.1, 0.15) is 51.2 Å². The second-order valence-electron chi connectivity index (χ2n) is 11.3. The molecule has 0 bridgehead atoms. The predicted molar refractivity (Wildman–Crippen MR) is 169 cm³/mol. The number of aliphatic hydroxyl groups excluding tert-OH is 1. The number of hydrogen-bond acceptors (Lipinski definition) is 5. The topological polar surface area (TPSA) is 51.6 Å². The van der Waals surface area contributed by atoms with Gasteiger partial charge in [0.25, 0.3) is 0 Å². The highest BCUT2D eigenvalue weighted by Gasteiger charge is 2.13. The molecule has 5 heteroatoms. The molecule has 1 heterocycles. The van der Waals surface area contributed by atoms with Gasteiger partial charge in [0, 0.05) is 52.4 Å². The van der Waals surface area contributed by atoms with Gasteiger partial charge in [-0.25, -0.2) is 0 Å². The van der Waals surface area contributed by atoms with Gasteiger partial charge in [0.1, 0.15) is 0 Å². The van der Waals surface area contributed by atoms with Crippen molar-refractivity contribution in [3.63, 3.8) is 0 Å². The molecule has 0 fully saturated rings. The average molecular weight is 551 g/mol. The maximum absolute atomic E-state index is 9.11. The number of nitrogens with zero attached hydrogens (tertiary/aromatic N) is 3. The van der Waals surface area contributed by atoms with Gasteiger partial charge in [-0.3, -0.25) is 14.8 Å². The Morgan fingerprint density at radius 2 is 1.05 bits per heavy atom. The minimum atomic E-state index is 0.224. The Balaban J connectivity index is 1.48. The summed E-state index contributed by atoms with van der Waals surface area (Å²) >= 11 is 0. The van der Waals surface area contributed by atoms with Crippen molar-refractivity contribution in [2.75, 3.05) is 26.2 Å². The van der Waals surface area contributed by atoms with E-state index in [0.29, 0.717) is 0 Å². The molecule has 0 aliphatic heterocycles. The molecule has 0 radical (unpaired) electrons. The summed E-state index contributed by atoms with van der Waals surface area (Å²) in [6.45, 7) is 13.5. The van der Waals surface area contributed by atoms with Crippen molar-refractivity contribution >= 4 is 0 Å². The van der Waals surface area contributed by atoms with Gasteiger partial charge in [-0.2, -0.15) is 0 Å². The summed E-state index contributed by atoms with van der Waals surface area (Å²) in [6, 6.07) is 32.8. The number of aryl methyl sites for hydroxylation is 3. The first-order chi connectivity index (χ1) is 20.0. The van der Waals surface area contributed by atoms with Crippen molar-refractivity contribution in [1.29, 1.82) is 0 Å². The normalized spacial score (nSPS) is 11.5. The van der Waals surface area contributed by atoms with E-state index in [4.69, 9.17) is 10.1 Å². The maximum atomic E-state index is 9.11. The lowest BCUT2D eigenvalue weighted by Crippen LogP contribution is -2.32. The molecule has 41 heavy (non-hydrogen) atoms. The van der Waals surface area contributed by atoms with Crippen LogP contribution in [0.25, 0.3) is 0 Å². The van der Waals surface area contributed by atoms with Gasteiger partial charge in [-0.1, -0.05) is 95.6 Å². The molecule has 5 nitrogen and oxygen atoms in total. The van der Waals surface area contributed by atoms with E-state index in [-0.39, 0.29) is 6.61 Å². The number of aliphatic hydroxyl groups is 1. The molecule has 4 rings (SSSR count). The van der Waals surface area contributed by atoms with Crippen molar-refractivity contribution in [3.8, 4) is 0 Å². The van der Waals surface area contributed by atoms with E-state index in [1.165, 1.54) is 33.4 Å². The van der Waals surface area contributed by atoms with Gasteiger partial charge in [0.05, 0.1) is 11.4 Å². The zero-order chi connectivity index (χ0) is 28.9. The number of benzene rings is 3. The van der Waals surface area contributed by atoms with Crippen LogP contribution < -0.4 is 5.32 Å². The number of aromatic nitrogens is 1. The fraction of sp³-hybridized carbons (Fsp3) is 0.361. The molecular weight excluding hydrogens is 504 g/mol. The van der Waals surface area contributed by atoms with Gasteiger partial charge in [-0.05, 0) is 62.6 Å². The zero-order valence-electron chi connectivity index (χ0n) is 25.0. The molecule has 216 valence electrons. The van der Waals surface area contributed by atoms with Crippen LogP contribution in [-0.2, 0) is 32.7 Å². The van der Waals surface area contributed by atoms with Crippen LogP contribution in [0.4, 0.5) is 0 Å². The summed E-state index contributed by atoms with van der Waals surface area (Å²) in [7, 11) is 0. The fourth-order valence-corrected chi connectivity index (χ4v) is 5.32. The van der Waals surface area contributed by atoms with Crippen LogP contribution in [0.3, 0.4) is 0 Å². The SMILES string of the molecule is Cc1cccc(CN(CCNCCCO)Cc2cccc(CN(Cc3cccc(C)c3)Cc3cccc(C)c3)n2)c1. The lowest BCUT2D eigenvalue weighted by Gasteiger charge is -2.24. The molecule has 0 spiro atoms. The first kappa shape index (κ1) is 30.6. The van der Waals surface area contributed by atoms with Crippen LogP contribution in [0.15, 0.2) is 91.0 Å². The third kappa shape index (κ3) is 10.9. The molecule has 0 saturated carbocycles. The highest BCUT2D eigenvalue weighted by molar-refractivity contribution is 5.25. The predicted octanol–water partition coefficient (Wildman–Crippen LogP) is 6.18. The molecule has 0 aliphatic rings. The van der Waals surface area contributed by atoms with E-state index in [1.54, 1.807) is 0 Å². The number of nitrogens with one attached hydrogen (secondary N) is 1. The molecule has 4 aromatic rings. The van der Waals surface area contributed by atoms with E-state index in [9.17, 15) is 0 Å². The first-order valence-corrected chi connectivity index (χ1v) is 14.8. The van der Waals surface area contributed by atoms with E-state index >= 15 is 0 Å². The second kappa shape index (κ2) is 16.2. The standard InChI is InChI=1S/C36H46N4O/c1-29-9-4-12-32(21-29)24-39(19-18-37-17-8-20-41)27-35-15-7-16-36(38-35)28-40(25-33-13-5-10-30(2)22-33)26-34-14-6-11-31(3)23-34/h4-7,9-16,21-23,37,41H,8,17-20,24-28H2,1-3H3. The molecule has 2 N–H and O–H groups in total. The van der Waals surface area contributed by atoms with Crippen LogP contribution in [0.2, 0.25) is 0 Å². The van der Waals surface area contributed by atoms with Gasteiger partial charge in [0.15, 0.2) is 0 Å². The van der Waals surface area contributed by atoms with Crippen LogP contribution in [-0.4, -0.2) is 46.1 Å². The number of pyridine rings is 1. The maximum Gasteiger partial charge on any atom is 0.0548 e. The Hall–Kier alpha value is -3.35. The molecule has 1 aromatic heterocycles. The smallest absolute Gasteiger partial charge is 0.0548 e. The minimum absolute atomic E-state index is 0.224. The number of hydrogen-bond donors (Lipinski definition) is 2. The van der Waals surface area contributed by atoms with Crippen molar-refractivity contribution in [1.82, 2.24) is 20.1 Å². The third-order valence-electron chi connectivity index (χ3n) is 7.22. The zero-order valence-corrected chi connectivity index (χ0v) is 25.0. The molecule has 0 unspecified atom stereocenters. The van der Waals surface area contributed by atoms with Crippen molar-refractivity contribution in [2.24, 2.45) is 0 Å². The molecule has 0 amide bonds. The van der Waals surface area contributed by atoms with E-state index < -0.39 is 0 Å². The van der Waals surface area contributed by atoms with E-state index in [1.807, 2.05) is 0 Å². The summed E-state index contributed by atoms with van der Waals surface area (Å²) in [5.41, 5.74) is 10.0. The Labute approximate surface area is 246 Å². The van der Waals surface area contributed by atoms with Crippen LogP contribution >= 0.6 is 0 Å². The van der Waals surface area contributed by atoms with Gasteiger partial charge < -0.3 is 10.4 Å². The molecule has 0 saturated heterocycles. The molecule has 0 atom stereocenters. The lowest BCUT2D eigenvalue weighted by molar-refractivity contribution is 0.240. The first-order valence-electron chi connectivity index (χ1n) is 14.8. The summed E-state index contributed by atoms with van der Waals surface area (Å²) in [4.78, 5) is 10.1. The van der Waals surface area contributed by atoms with Gasteiger partial charge in [0.2, 0.25) is 0 Å². The highest BCUT2D eigenvalue weighted by atomic mass is 16.3. The quantitative estimate of drug-likeness (QED) is 0.163. The largest absolute Gasteiger partial charge is 0.396 e. The summed E-state index contributed by atoms with van der Waals surface area (Å²) in [5.74, 6) is 0. The van der Waals surface area contributed by atoms with Crippen molar-refractivity contribution in [3.05, 3.63) is 136 Å². The summed E-state index contributed by atoms with van der Waals surface area (Å²) < 4.78 is 0. The van der Waals surface area contributed by atoms with Crippen molar-refractivity contribution in [2.45, 2.75) is 59.9 Å². The fourth-order valence-electron chi connectivity index (χ4n) is 5.32. The van der Waals surface area contributed by atoms with Crippen LogP contribution in [0, 0.1) is 20.8 Å². The Morgan fingerprint density at radius 3 is 1.54 bits per heavy atom. The average Bonchev–Trinajstić information content (AvgIpc) is 2.93. The highest BCUT2D eigenvalue weighted by Crippen LogP contribution is 2.17. The number of rotatable bonds is 16. The molecule has 0 aliphatic carbocycles. The Morgan fingerprint density at radius 1 is 0.585 bits per heavy atom. The molecular formula is C36H46N4O. The summed E-state index contributed by atoms with van der Waals surface area (Å²) in [6.07, 6.45) is 0.781. The van der Waals surface area contributed by atoms with E-state index in [2.05, 4.69) is 127 Å². The Bertz CT molecular complexity index is 1310. The third-order valence-corrected chi connectivity index (χ3v) is 7.22. The van der Waals surface area contributed by atoms with Gasteiger partial charge in [-0.15, -0.1) is 0 Å². The lowest BCUT2D eigenvalue weighted by atomic mass is 10.1. The van der Waals surface area contributed by atoms with Gasteiger partial charge >= 0.3 is 0 Å². The molecule has 3 aromatic carbocycles. The van der Waals surface area contributed by atoms with Crippen molar-refractivity contribution < 1.29 is 5.11 Å². The second-order valence-corrected chi connectivity index (χ2v) is 11.3. The minimum Gasteiger partial charge on any atom is -0.396 e. The van der Waals surface area contributed by atoms with E-state index in [0.717, 1.165) is 70.2 Å². The monoisotopic (exact) mass is 550 g/mol. The van der Waals surface area contributed by atoms with Crippen LogP contribution in [0.5, 0.6) is 0 Å².